The van der Waals surface area contributed by atoms with Crippen molar-refractivity contribution in [2.75, 3.05) is 26.8 Å². The van der Waals surface area contributed by atoms with Gasteiger partial charge in [-0.15, -0.1) is 0 Å². The van der Waals surface area contributed by atoms with Gasteiger partial charge in [0.15, 0.2) is 12.4 Å². The Kier molecular flexibility index (Phi) is 7.62. The molecule has 5 heteroatoms. The predicted molar refractivity (Wildman–Crippen MR) is 106 cm³/mol. The summed E-state index contributed by atoms with van der Waals surface area (Å²) in [6.45, 7) is 5.17. The van der Waals surface area contributed by atoms with Gasteiger partial charge in [0, 0.05) is 18.7 Å². The van der Waals surface area contributed by atoms with Crippen LogP contribution in [-0.2, 0) is 4.79 Å². The summed E-state index contributed by atoms with van der Waals surface area (Å²) < 4.78 is 10.6. The monoisotopic (exact) mass is 367 g/mol. The molecule has 0 aromatic heterocycles. The van der Waals surface area contributed by atoms with Crippen molar-refractivity contribution < 1.29 is 19.1 Å². The van der Waals surface area contributed by atoms with E-state index in [0.29, 0.717) is 24.4 Å². The highest BCUT2D eigenvalue weighted by atomic mass is 16.5. The van der Waals surface area contributed by atoms with Crippen molar-refractivity contribution in [3.05, 3.63) is 65.7 Å². The van der Waals surface area contributed by atoms with Gasteiger partial charge in [0.05, 0.1) is 7.11 Å². The van der Waals surface area contributed by atoms with Gasteiger partial charge < -0.3 is 14.4 Å². The lowest BCUT2D eigenvalue weighted by atomic mass is 10.1. The number of methoxy groups -OCH3 is 1. The maximum atomic E-state index is 12.3. The van der Waals surface area contributed by atoms with Crippen LogP contribution in [-0.4, -0.2) is 43.4 Å². The zero-order valence-electron chi connectivity index (χ0n) is 16.0. The second-order valence-corrected chi connectivity index (χ2v) is 5.85. The molecule has 2 aromatic rings. The zero-order chi connectivity index (χ0) is 19.6. The second kappa shape index (κ2) is 10.2. The van der Waals surface area contributed by atoms with Gasteiger partial charge in [-0.2, -0.15) is 0 Å². The Labute approximate surface area is 160 Å². The number of likely N-dealkylation sites (N-methyl/N-ethyl adjacent to an activating group) is 1. The molecular formula is C22H25NO4. The van der Waals surface area contributed by atoms with Crippen molar-refractivity contribution in [2.45, 2.75) is 13.8 Å². The molecule has 0 N–H and O–H groups in total. The Morgan fingerprint density at radius 3 is 2.07 bits per heavy atom. The molecule has 0 radical (unpaired) electrons. The molecule has 0 atom stereocenters. The number of allylic oxidation sites excluding steroid dienone is 1. The van der Waals surface area contributed by atoms with Crippen molar-refractivity contribution in [1.29, 1.82) is 0 Å². The van der Waals surface area contributed by atoms with Crippen LogP contribution < -0.4 is 9.47 Å². The molecule has 5 nitrogen and oxygen atoms in total. The van der Waals surface area contributed by atoms with E-state index in [1.165, 1.54) is 6.08 Å². The Morgan fingerprint density at radius 2 is 1.52 bits per heavy atom. The van der Waals surface area contributed by atoms with E-state index in [1.807, 2.05) is 38.1 Å². The van der Waals surface area contributed by atoms with Crippen molar-refractivity contribution >= 4 is 17.8 Å². The normalized spacial score (nSPS) is 10.6. The standard InChI is InChI=1S/C22H25NO4/c1-4-23(5-2)22(25)16-27-20-13-9-18(10-14-20)21(24)15-8-17-6-11-19(26-3)12-7-17/h6-15H,4-5,16H2,1-3H3/b15-8+. The fourth-order valence-electron chi connectivity index (χ4n) is 2.51. The smallest absolute Gasteiger partial charge is 0.260 e. The highest BCUT2D eigenvalue weighted by Crippen LogP contribution is 2.15. The predicted octanol–water partition coefficient (Wildman–Crippen LogP) is 3.84. The summed E-state index contributed by atoms with van der Waals surface area (Å²) in [5.41, 5.74) is 1.47. The average Bonchev–Trinajstić information content (AvgIpc) is 2.72. The van der Waals surface area contributed by atoms with Crippen LogP contribution >= 0.6 is 0 Å². The first-order valence-electron chi connectivity index (χ1n) is 8.94. The molecular weight excluding hydrogens is 342 g/mol. The topological polar surface area (TPSA) is 55.8 Å². The first kappa shape index (κ1) is 20.2. The molecule has 2 rings (SSSR count). The molecule has 0 aliphatic rings. The third-order valence-corrected chi connectivity index (χ3v) is 4.16. The number of ether oxygens (including phenoxy) is 2. The first-order chi connectivity index (χ1) is 13.1. The van der Waals surface area contributed by atoms with Gasteiger partial charge in [0.1, 0.15) is 11.5 Å². The minimum absolute atomic E-state index is 0.00759. The maximum absolute atomic E-state index is 12.3. The minimum atomic E-state index is -0.100. The lowest BCUT2D eigenvalue weighted by Crippen LogP contribution is -2.34. The van der Waals surface area contributed by atoms with Crippen molar-refractivity contribution in [3.63, 3.8) is 0 Å². The van der Waals surface area contributed by atoms with Crippen molar-refractivity contribution in [1.82, 2.24) is 4.90 Å². The summed E-state index contributed by atoms with van der Waals surface area (Å²) >= 11 is 0. The third-order valence-electron chi connectivity index (χ3n) is 4.16. The highest BCUT2D eigenvalue weighted by Gasteiger charge is 2.10. The Hall–Kier alpha value is -3.08. The summed E-state index contributed by atoms with van der Waals surface area (Å²) in [5, 5.41) is 0. The van der Waals surface area contributed by atoms with E-state index >= 15 is 0 Å². The molecule has 0 fully saturated rings. The van der Waals surface area contributed by atoms with Gasteiger partial charge in [-0.1, -0.05) is 18.2 Å². The molecule has 0 aliphatic carbocycles. The first-order valence-corrected chi connectivity index (χ1v) is 8.94. The van der Waals surface area contributed by atoms with Crippen LogP contribution in [0.4, 0.5) is 0 Å². The third kappa shape index (κ3) is 5.99. The average molecular weight is 367 g/mol. The van der Waals surface area contributed by atoms with E-state index in [1.54, 1.807) is 42.4 Å². The summed E-state index contributed by atoms with van der Waals surface area (Å²) in [6.07, 6.45) is 3.29. The fraction of sp³-hybridized carbons (Fsp3) is 0.273. The van der Waals surface area contributed by atoms with Crippen molar-refractivity contribution in [2.24, 2.45) is 0 Å². The van der Waals surface area contributed by atoms with Crippen LogP contribution in [0.1, 0.15) is 29.8 Å². The number of rotatable bonds is 9. The highest BCUT2D eigenvalue weighted by molar-refractivity contribution is 6.06. The zero-order valence-corrected chi connectivity index (χ0v) is 16.0. The van der Waals surface area contributed by atoms with Gasteiger partial charge in [0.2, 0.25) is 0 Å². The van der Waals surface area contributed by atoms with E-state index in [-0.39, 0.29) is 18.3 Å². The number of nitrogens with zero attached hydrogens (tertiary/aromatic N) is 1. The van der Waals surface area contributed by atoms with Gasteiger partial charge >= 0.3 is 0 Å². The van der Waals surface area contributed by atoms with Crippen LogP contribution in [0, 0.1) is 0 Å². The molecule has 27 heavy (non-hydrogen) atoms. The van der Waals surface area contributed by atoms with Crippen molar-refractivity contribution in [3.8, 4) is 11.5 Å². The molecule has 142 valence electrons. The fourth-order valence-corrected chi connectivity index (χ4v) is 2.51. The lowest BCUT2D eigenvalue weighted by Gasteiger charge is -2.18. The van der Waals surface area contributed by atoms with E-state index in [2.05, 4.69) is 0 Å². The van der Waals surface area contributed by atoms with Gasteiger partial charge in [-0.3, -0.25) is 9.59 Å². The minimum Gasteiger partial charge on any atom is -0.497 e. The van der Waals surface area contributed by atoms with E-state index in [4.69, 9.17) is 9.47 Å². The Morgan fingerprint density at radius 1 is 0.926 bits per heavy atom. The van der Waals surface area contributed by atoms with Crippen LogP contribution in [0.3, 0.4) is 0 Å². The number of benzene rings is 2. The molecule has 0 spiro atoms. The molecule has 0 unspecified atom stereocenters. The summed E-state index contributed by atoms with van der Waals surface area (Å²) in [7, 11) is 1.61. The quantitative estimate of drug-likeness (QED) is 0.499. The largest absolute Gasteiger partial charge is 0.497 e. The number of hydrogen-bond acceptors (Lipinski definition) is 4. The maximum Gasteiger partial charge on any atom is 0.260 e. The second-order valence-electron chi connectivity index (χ2n) is 5.85. The molecule has 0 aliphatic heterocycles. The Balaban J connectivity index is 1.92. The van der Waals surface area contributed by atoms with Gasteiger partial charge in [0.25, 0.3) is 5.91 Å². The van der Waals surface area contributed by atoms with E-state index < -0.39 is 0 Å². The van der Waals surface area contributed by atoms with Gasteiger partial charge in [-0.25, -0.2) is 0 Å². The molecule has 0 bridgehead atoms. The Bertz CT molecular complexity index is 775. The van der Waals surface area contributed by atoms with E-state index in [0.717, 1.165) is 11.3 Å². The summed E-state index contributed by atoms with van der Waals surface area (Å²) in [6, 6.07) is 14.2. The van der Waals surface area contributed by atoms with Crippen LogP contribution in [0.2, 0.25) is 0 Å². The van der Waals surface area contributed by atoms with Gasteiger partial charge in [-0.05, 0) is 61.9 Å². The SMILES string of the molecule is CCN(CC)C(=O)COc1ccc(C(=O)/C=C/c2ccc(OC)cc2)cc1. The van der Waals surface area contributed by atoms with Crippen LogP contribution in [0.25, 0.3) is 6.08 Å². The number of ketones is 1. The number of carbonyl (C=O) groups is 2. The number of amides is 1. The number of carbonyl (C=O) groups excluding carboxylic acids is 2. The lowest BCUT2D eigenvalue weighted by molar-refractivity contribution is -0.132. The molecule has 0 saturated heterocycles. The number of hydrogen-bond donors (Lipinski definition) is 0. The summed E-state index contributed by atoms with van der Waals surface area (Å²) in [4.78, 5) is 25.9. The van der Waals surface area contributed by atoms with Crippen LogP contribution in [0.5, 0.6) is 11.5 Å². The molecule has 0 heterocycles. The van der Waals surface area contributed by atoms with E-state index in [9.17, 15) is 9.59 Å². The summed E-state index contributed by atoms with van der Waals surface area (Å²) in [5.74, 6) is 1.18. The molecule has 1 amide bonds. The van der Waals surface area contributed by atoms with Crippen LogP contribution in [0.15, 0.2) is 54.6 Å². The molecule has 0 saturated carbocycles. The molecule has 2 aromatic carbocycles.